The molecule has 10 nitrogen and oxygen atoms in total. The molecule has 0 saturated carbocycles. The molecule has 1 aromatic heterocycles. The fraction of sp³-hybridized carbons (Fsp3) is 0.370. The number of aromatic amines is 1. The lowest BCUT2D eigenvalue weighted by Gasteiger charge is -2.39. The van der Waals surface area contributed by atoms with Gasteiger partial charge >= 0.3 is 0 Å². The maximum absolute atomic E-state index is 15.3. The van der Waals surface area contributed by atoms with Gasteiger partial charge in [-0.3, -0.25) is 9.69 Å². The second-order valence-corrected chi connectivity index (χ2v) is 19.3. The van der Waals surface area contributed by atoms with Gasteiger partial charge in [-0.2, -0.15) is 0 Å². The summed E-state index contributed by atoms with van der Waals surface area (Å²) in [6.45, 7) is 10.5. The number of piperazine rings is 1. The van der Waals surface area contributed by atoms with Crippen LogP contribution in [0.1, 0.15) is 61.9 Å². The van der Waals surface area contributed by atoms with Gasteiger partial charge in [-0.15, -0.1) is 0 Å². The van der Waals surface area contributed by atoms with Crippen LogP contribution in [0.3, 0.4) is 0 Å². The van der Waals surface area contributed by atoms with E-state index in [1.807, 2.05) is 36.5 Å². The average Bonchev–Trinajstić information content (AvgIpc) is 3.70. The first-order valence-corrected chi connectivity index (χ1v) is 22.8. The summed E-state index contributed by atoms with van der Waals surface area (Å²) in [7, 11) is -4.60. The molecule has 0 bridgehead atoms. The summed E-state index contributed by atoms with van der Waals surface area (Å²) in [4.78, 5) is 21.3. The van der Waals surface area contributed by atoms with E-state index in [4.69, 9.17) is 32.7 Å². The lowest BCUT2D eigenvalue weighted by atomic mass is 9.72. The molecule has 3 aliphatic rings. The van der Waals surface area contributed by atoms with Gasteiger partial charge in [0.15, 0.2) is 0 Å². The predicted octanol–water partition coefficient (Wildman–Crippen LogP) is 10.1. The molecule has 8 rings (SSSR count). The fourth-order valence-electron chi connectivity index (χ4n) is 8.41. The number of amides is 1. The third-order valence-electron chi connectivity index (χ3n) is 12.0. The van der Waals surface area contributed by atoms with Crippen molar-refractivity contribution in [1.82, 2.24) is 14.6 Å². The van der Waals surface area contributed by atoms with Crippen LogP contribution in [0.25, 0.3) is 16.5 Å². The number of carbonyl (C=O) groups is 1. The van der Waals surface area contributed by atoms with Crippen molar-refractivity contribution in [3.63, 3.8) is 0 Å². The van der Waals surface area contributed by atoms with Crippen molar-refractivity contribution in [2.24, 2.45) is 11.3 Å². The summed E-state index contributed by atoms with van der Waals surface area (Å²) >= 11 is 12.7. The van der Waals surface area contributed by atoms with E-state index in [9.17, 15) is 13.2 Å². The van der Waals surface area contributed by atoms with Gasteiger partial charge in [0.1, 0.15) is 22.2 Å². The maximum Gasteiger partial charge on any atom is 0.268 e. The Balaban J connectivity index is 0.999. The minimum atomic E-state index is -4.60. The fourth-order valence-corrected chi connectivity index (χ4v) is 10.0. The van der Waals surface area contributed by atoms with E-state index in [0.29, 0.717) is 31.4 Å². The van der Waals surface area contributed by atoms with Crippen molar-refractivity contribution < 1.29 is 27.1 Å². The maximum atomic E-state index is 15.3. The summed E-state index contributed by atoms with van der Waals surface area (Å²) in [6.07, 6.45) is 6.73. The van der Waals surface area contributed by atoms with Crippen molar-refractivity contribution in [2.45, 2.75) is 50.8 Å². The Labute approximate surface area is 361 Å². The van der Waals surface area contributed by atoms with Crippen LogP contribution < -0.4 is 19.7 Å². The van der Waals surface area contributed by atoms with E-state index in [1.54, 1.807) is 24.3 Å². The van der Waals surface area contributed by atoms with Crippen LogP contribution in [-0.2, 0) is 14.8 Å². The highest BCUT2D eigenvalue weighted by atomic mass is 35.5. The first-order valence-electron chi connectivity index (χ1n) is 20.5. The number of sulfonamides is 1. The van der Waals surface area contributed by atoms with Gasteiger partial charge in [0.25, 0.3) is 15.9 Å². The molecule has 1 aliphatic carbocycles. The van der Waals surface area contributed by atoms with E-state index in [1.165, 1.54) is 22.8 Å². The van der Waals surface area contributed by atoms with Crippen molar-refractivity contribution in [1.29, 1.82) is 0 Å². The Bertz CT molecular complexity index is 2510. The molecular formula is C46H50Cl2FN5O5S. The minimum Gasteiger partial charge on any atom is -0.456 e. The van der Waals surface area contributed by atoms with E-state index in [2.05, 4.69) is 50.8 Å². The summed E-state index contributed by atoms with van der Waals surface area (Å²) in [5.74, 6) is -0.804. The highest BCUT2D eigenvalue weighted by molar-refractivity contribution is 7.90. The Morgan fingerprint density at radius 2 is 1.73 bits per heavy atom. The number of hydrogen-bond acceptors (Lipinski definition) is 8. The molecule has 3 N–H and O–H groups in total. The first kappa shape index (κ1) is 42.1. The van der Waals surface area contributed by atoms with E-state index >= 15 is 4.39 Å². The van der Waals surface area contributed by atoms with Gasteiger partial charge < -0.3 is 24.7 Å². The molecule has 60 heavy (non-hydrogen) atoms. The topological polar surface area (TPSA) is 116 Å². The lowest BCUT2D eigenvalue weighted by Crippen LogP contribution is -2.47. The number of rotatable bonds is 12. The van der Waals surface area contributed by atoms with Gasteiger partial charge in [-0.05, 0) is 115 Å². The number of ether oxygens (including phenoxy) is 2. The van der Waals surface area contributed by atoms with Gasteiger partial charge in [0.05, 0.1) is 16.3 Å². The van der Waals surface area contributed by atoms with Gasteiger partial charge in [-0.25, -0.2) is 17.5 Å². The zero-order valence-corrected chi connectivity index (χ0v) is 36.2. The highest BCUT2D eigenvalue weighted by Crippen LogP contribution is 2.43. The van der Waals surface area contributed by atoms with Gasteiger partial charge in [-0.1, -0.05) is 54.8 Å². The third kappa shape index (κ3) is 9.79. The smallest absolute Gasteiger partial charge is 0.268 e. The molecular weight excluding hydrogens is 825 g/mol. The van der Waals surface area contributed by atoms with Crippen molar-refractivity contribution in [2.75, 3.05) is 62.7 Å². The van der Waals surface area contributed by atoms with Crippen molar-refractivity contribution in [3.05, 3.63) is 118 Å². The number of halogens is 3. The molecule has 0 atom stereocenters. The molecule has 0 unspecified atom stereocenters. The number of carbonyl (C=O) groups excluding carboxylic acids is 1. The SMILES string of the molecule is CC1(C)CCC(CN2CCN(c3ccc(C(=O)NS(=O)(=O)c4cc(F)c(NCC5CCOCC5)cc4Cl)c(Oc4ccc5[nH]ccc5c4)c3)CC2)=C(c2ccc(Cl)cc2)C1. The van der Waals surface area contributed by atoms with Crippen molar-refractivity contribution >= 4 is 67.0 Å². The number of nitrogens with zero attached hydrogens (tertiary/aromatic N) is 2. The second-order valence-electron chi connectivity index (χ2n) is 16.8. The Morgan fingerprint density at radius 1 is 0.967 bits per heavy atom. The van der Waals surface area contributed by atoms with Gasteiger partial charge in [0.2, 0.25) is 0 Å². The van der Waals surface area contributed by atoms with E-state index < -0.39 is 26.6 Å². The van der Waals surface area contributed by atoms with Crippen LogP contribution in [0, 0.1) is 17.2 Å². The highest BCUT2D eigenvalue weighted by Gasteiger charge is 2.30. The summed E-state index contributed by atoms with van der Waals surface area (Å²) in [6, 6.07) is 22.8. The average molecular weight is 875 g/mol. The molecule has 2 aliphatic heterocycles. The molecule has 1 amide bonds. The minimum absolute atomic E-state index is 0.0108. The zero-order valence-electron chi connectivity index (χ0n) is 33.8. The predicted molar refractivity (Wildman–Crippen MR) is 238 cm³/mol. The Morgan fingerprint density at radius 3 is 2.50 bits per heavy atom. The third-order valence-corrected chi connectivity index (χ3v) is 14.0. The number of allylic oxidation sites excluding steroid dienone is 1. The molecule has 4 aromatic carbocycles. The second kappa shape index (κ2) is 17.8. The number of anilines is 2. The number of H-pyrrole nitrogens is 1. The van der Waals surface area contributed by atoms with Crippen LogP contribution >= 0.6 is 23.2 Å². The summed E-state index contributed by atoms with van der Waals surface area (Å²) < 4.78 is 56.5. The zero-order chi connectivity index (χ0) is 42.0. The van der Waals surface area contributed by atoms with Crippen LogP contribution in [0.15, 0.2) is 95.5 Å². The quantitative estimate of drug-likeness (QED) is 0.114. The molecule has 5 aromatic rings. The number of hydrogen-bond donors (Lipinski definition) is 3. The monoisotopic (exact) mass is 873 g/mol. The Kier molecular flexibility index (Phi) is 12.5. The molecule has 14 heteroatoms. The first-order chi connectivity index (χ1) is 28.8. The number of fused-ring (bicyclic) bond motifs is 1. The van der Waals surface area contributed by atoms with Crippen LogP contribution in [0.5, 0.6) is 11.5 Å². The lowest BCUT2D eigenvalue weighted by molar-refractivity contribution is 0.0699. The molecule has 2 fully saturated rings. The number of aromatic nitrogens is 1. The summed E-state index contributed by atoms with van der Waals surface area (Å²) in [5.41, 5.74) is 6.20. The van der Waals surface area contributed by atoms with E-state index in [0.717, 1.165) is 92.5 Å². The molecule has 2 saturated heterocycles. The Hall–Kier alpha value is -4.59. The van der Waals surface area contributed by atoms with E-state index in [-0.39, 0.29) is 27.4 Å². The molecule has 0 radical (unpaired) electrons. The normalized spacial score (nSPS) is 17.9. The molecule has 316 valence electrons. The molecule has 0 spiro atoms. The summed E-state index contributed by atoms with van der Waals surface area (Å²) in [5, 5.41) is 4.47. The van der Waals surface area contributed by atoms with Crippen LogP contribution in [0.2, 0.25) is 10.0 Å². The van der Waals surface area contributed by atoms with Crippen LogP contribution in [0.4, 0.5) is 15.8 Å². The number of benzene rings is 4. The number of nitrogens with one attached hydrogen (secondary N) is 3. The molecule has 3 heterocycles. The van der Waals surface area contributed by atoms with Crippen molar-refractivity contribution in [3.8, 4) is 11.5 Å². The standard InChI is InChI=1S/C46H50Cl2FN5O5S/c1-46(2)15-11-33(38(27-46)31-3-5-34(47)6-4-31)29-53-17-19-54(20-18-53)35-7-9-37(43(24-35)59-36-8-10-41-32(23-36)12-16-50-41)45(55)52-60(56,57)44-26-40(49)42(25-39(44)48)51-28-30-13-21-58-22-14-30/h3-10,12,16,23-26,30,50-51H,11,13-15,17-22,27-29H2,1-2H3,(H,52,55). The largest absolute Gasteiger partial charge is 0.456 e. The van der Waals surface area contributed by atoms with Crippen LogP contribution in [-0.4, -0.2) is 76.7 Å². The van der Waals surface area contributed by atoms with Gasteiger partial charge in [0, 0.05) is 86.4 Å².